The molecule has 1 aromatic carbocycles. The van der Waals surface area contributed by atoms with Crippen molar-refractivity contribution in [3.05, 3.63) is 40.4 Å². The van der Waals surface area contributed by atoms with Crippen molar-refractivity contribution < 1.29 is 18.0 Å². The van der Waals surface area contributed by atoms with Crippen molar-refractivity contribution in [3.8, 4) is 0 Å². The lowest BCUT2D eigenvalue weighted by Crippen LogP contribution is -2.28. The number of nitrogens with zero attached hydrogens (tertiary/aromatic N) is 2. The van der Waals surface area contributed by atoms with E-state index in [1.807, 2.05) is 0 Å². The third-order valence-corrected chi connectivity index (χ3v) is 3.81. The van der Waals surface area contributed by atoms with Gasteiger partial charge in [-0.25, -0.2) is 0 Å². The molecule has 0 spiro atoms. The zero-order valence-corrected chi connectivity index (χ0v) is 12.3. The third-order valence-electron chi connectivity index (χ3n) is 2.88. The summed E-state index contributed by atoms with van der Waals surface area (Å²) in [5.41, 5.74) is 4.57. The highest BCUT2D eigenvalue weighted by Crippen LogP contribution is 2.32. The predicted octanol–water partition coefficient (Wildman–Crippen LogP) is 2.56. The quantitative estimate of drug-likeness (QED) is 0.903. The van der Waals surface area contributed by atoms with Gasteiger partial charge in [-0.15, -0.1) is 10.2 Å². The molecule has 2 aromatic rings. The molecule has 0 aliphatic carbocycles. The van der Waals surface area contributed by atoms with E-state index in [1.54, 1.807) is 6.92 Å². The number of rotatable bonds is 4. The summed E-state index contributed by atoms with van der Waals surface area (Å²) in [6.45, 7) is 1.66. The predicted molar refractivity (Wildman–Crippen MR) is 76.0 cm³/mol. The first kappa shape index (κ1) is 16.2. The van der Waals surface area contributed by atoms with Crippen LogP contribution in [0.5, 0.6) is 0 Å². The van der Waals surface area contributed by atoms with Crippen LogP contribution in [0.1, 0.15) is 29.1 Å². The normalized spacial score (nSPS) is 12.9. The molecule has 0 bridgehead atoms. The molecule has 1 heterocycles. The average molecular weight is 330 g/mol. The highest BCUT2D eigenvalue weighted by molar-refractivity contribution is 7.15. The number of nitrogens with two attached hydrogens (primary N) is 1. The molecule has 0 saturated heterocycles. The summed E-state index contributed by atoms with van der Waals surface area (Å²) in [6, 6.07) is 4.53. The van der Waals surface area contributed by atoms with Gasteiger partial charge in [0.2, 0.25) is 11.0 Å². The Morgan fingerprint density at radius 2 is 2.05 bits per heavy atom. The SMILES string of the molecule is CC(NC(=O)Cc1ccccc1C(F)(F)F)c1nnc(N)s1. The number of amides is 1. The first-order valence-electron chi connectivity index (χ1n) is 6.30. The summed E-state index contributed by atoms with van der Waals surface area (Å²) in [7, 11) is 0. The van der Waals surface area contributed by atoms with E-state index in [0.29, 0.717) is 5.01 Å². The fourth-order valence-corrected chi connectivity index (χ4v) is 2.51. The second-order valence-electron chi connectivity index (χ2n) is 4.60. The van der Waals surface area contributed by atoms with Crippen molar-refractivity contribution in [2.24, 2.45) is 0 Å². The molecule has 2 rings (SSSR count). The van der Waals surface area contributed by atoms with Crippen LogP contribution in [0, 0.1) is 0 Å². The number of benzene rings is 1. The third kappa shape index (κ3) is 3.94. The average Bonchev–Trinajstić information content (AvgIpc) is 2.84. The topological polar surface area (TPSA) is 80.9 Å². The fourth-order valence-electron chi connectivity index (χ4n) is 1.90. The van der Waals surface area contributed by atoms with Gasteiger partial charge in [-0.2, -0.15) is 13.2 Å². The maximum absolute atomic E-state index is 12.9. The maximum Gasteiger partial charge on any atom is 0.416 e. The zero-order chi connectivity index (χ0) is 16.3. The summed E-state index contributed by atoms with van der Waals surface area (Å²) in [5, 5.41) is 10.7. The number of anilines is 1. The molecule has 0 saturated carbocycles. The second kappa shape index (κ2) is 6.30. The number of alkyl halides is 3. The Bertz CT molecular complexity index is 671. The Balaban J connectivity index is 2.07. The van der Waals surface area contributed by atoms with Crippen LogP contribution < -0.4 is 11.1 Å². The van der Waals surface area contributed by atoms with E-state index in [9.17, 15) is 18.0 Å². The number of nitrogens with one attached hydrogen (secondary N) is 1. The van der Waals surface area contributed by atoms with Crippen molar-refractivity contribution in [2.75, 3.05) is 5.73 Å². The first-order valence-corrected chi connectivity index (χ1v) is 7.12. The summed E-state index contributed by atoms with van der Waals surface area (Å²) >= 11 is 1.11. The smallest absolute Gasteiger partial charge is 0.374 e. The van der Waals surface area contributed by atoms with E-state index < -0.39 is 23.7 Å². The summed E-state index contributed by atoms with van der Waals surface area (Å²) in [4.78, 5) is 11.9. The summed E-state index contributed by atoms with van der Waals surface area (Å²) in [5.74, 6) is -0.530. The van der Waals surface area contributed by atoms with E-state index in [0.717, 1.165) is 17.4 Å². The van der Waals surface area contributed by atoms with Crippen molar-refractivity contribution >= 4 is 22.4 Å². The Labute approximate surface area is 128 Å². The van der Waals surface area contributed by atoms with Gasteiger partial charge in [0.1, 0.15) is 5.01 Å². The van der Waals surface area contributed by atoms with Gasteiger partial charge in [-0.05, 0) is 18.6 Å². The molecule has 1 amide bonds. The van der Waals surface area contributed by atoms with Crippen molar-refractivity contribution in [2.45, 2.75) is 25.6 Å². The Kier molecular flexibility index (Phi) is 4.65. The van der Waals surface area contributed by atoms with Crippen LogP contribution >= 0.6 is 11.3 Å². The van der Waals surface area contributed by atoms with Gasteiger partial charge in [0, 0.05) is 0 Å². The molecule has 1 unspecified atom stereocenters. The highest BCUT2D eigenvalue weighted by Gasteiger charge is 2.33. The first-order chi connectivity index (χ1) is 10.3. The lowest BCUT2D eigenvalue weighted by atomic mass is 10.0. The number of carbonyl (C=O) groups excluding carboxylic acids is 1. The van der Waals surface area contributed by atoms with Gasteiger partial charge in [0.05, 0.1) is 18.0 Å². The minimum Gasteiger partial charge on any atom is -0.374 e. The van der Waals surface area contributed by atoms with Crippen LogP contribution in [0.3, 0.4) is 0 Å². The Morgan fingerprint density at radius 3 is 2.64 bits per heavy atom. The molecule has 0 aliphatic rings. The van der Waals surface area contributed by atoms with Crippen molar-refractivity contribution in [1.29, 1.82) is 0 Å². The molecule has 118 valence electrons. The number of nitrogen functional groups attached to an aromatic ring is 1. The van der Waals surface area contributed by atoms with Crippen LogP contribution in [0.25, 0.3) is 0 Å². The monoisotopic (exact) mass is 330 g/mol. The summed E-state index contributed by atoms with van der Waals surface area (Å²) in [6.07, 6.45) is -4.86. The minimum atomic E-state index is -4.49. The van der Waals surface area contributed by atoms with Gasteiger partial charge in [0.25, 0.3) is 0 Å². The number of hydrogen-bond acceptors (Lipinski definition) is 5. The lowest BCUT2D eigenvalue weighted by Gasteiger charge is -2.14. The van der Waals surface area contributed by atoms with E-state index >= 15 is 0 Å². The minimum absolute atomic E-state index is 0.0727. The van der Waals surface area contributed by atoms with Crippen LogP contribution in [0.4, 0.5) is 18.3 Å². The number of hydrogen-bond donors (Lipinski definition) is 2. The Hall–Kier alpha value is -2.16. The largest absolute Gasteiger partial charge is 0.416 e. The van der Waals surface area contributed by atoms with E-state index in [-0.39, 0.29) is 17.1 Å². The summed E-state index contributed by atoms with van der Waals surface area (Å²) < 4.78 is 38.6. The van der Waals surface area contributed by atoms with E-state index in [4.69, 9.17) is 5.73 Å². The number of halogens is 3. The van der Waals surface area contributed by atoms with Gasteiger partial charge in [-0.1, -0.05) is 29.5 Å². The van der Waals surface area contributed by atoms with Gasteiger partial charge >= 0.3 is 6.18 Å². The molecule has 1 atom stereocenters. The molecule has 0 aliphatic heterocycles. The van der Waals surface area contributed by atoms with E-state index in [1.165, 1.54) is 18.2 Å². The standard InChI is InChI=1S/C13H13F3N4OS/c1-7(11-19-20-12(17)22-11)18-10(21)6-8-4-2-3-5-9(8)13(14,15)16/h2-5,7H,6H2,1H3,(H2,17,20)(H,18,21). The van der Waals surface area contributed by atoms with E-state index in [2.05, 4.69) is 15.5 Å². The molecule has 0 radical (unpaired) electrons. The zero-order valence-electron chi connectivity index (χ0n) is 11.5. The molecular weight excluding hydrogens is 317 g/mol. The van der Waals surface area contributed by atoms with Gasteiger partial charge < -0.3 is 11.1 Å². The molecule has 0 fully saturated rings. The van der Waals surface area contributed by atoms with Crippen molar-refractivity contribution in [3.63, 3.8) is 0 Å². The molecule has 5 nitrogen and oxygen atoms in total. The molecular formula is C13H13F3N4OS. The van der Waals surface area contributed by atoms with Crippen LogP contribution in [-0.2, 0) is 17.4 Å². The van der Waals surface area contributed by atoms with Crippen LogP contribution in [0.2, 0.25) is 0 Å². The Morgan fingerprint density at radius 1 is 1.36 bits per heavy atom. The number of aromatic nitrogens is 2. The van der Waals surface area contributed by atoms with Gasteiger partial charge in [-0.3, -0.25) is 4.79 Å². The van der Waals surface area contributed by atoms with Gasteiger partial charge in [0.15, 0.2) is 0 Å². The van der Waals surface area contributed by atoms with Crippen molar-refractivity contribution in [1.82, 2.24) is 15.5 Å². The lowest BCUT2D eigenvalue weighted by molar-refractivity contribution is -0.138. The van der Waals surface area contributed by atoms with Crippen LogP contribution in [-0.4, -0.2) is 16.1 Å². The molecule has 1 aromatic heterocycles. The number of carbonyl (C=O) groups is 1. The highest BCUT2D eigenvalue weighted by atomic mass is 32.1. The van der Waals surface area contributed by atoms with Crippen LogP contribution in [0.15, 0.2) is 24.3 Å². The fraction of sp³-hybridized carbons (Fsp3) is 0.308. The molecule has 3 N–H and O–H groups in total. The maximum atomic E-state index is 12.9. The molecule has 9 heteroatoms. The second-order valence-corrected chi connectivity index (χ2v) is 5.64. The molecule has 22 heavy (non-hydrogen) atoms.